The summed E-state index contributed by atoms with van der Waals surface area (Å²) in [5.74, 6) is 1.08. The molecule has 1 aliphatic heterocycles. The summed E-state index contributed by atoms with van der Waals surface area (Å²) in [6.45, 7) is 1.86. The molecule has 1 N–H and O–H groups in total. The zero-order valence-corrected chi connectivity index (χ0v) is 17.1. The molecule has 146 valence electrons. The number of fused-ring (bicyclic) bond motifs is 3. The van der Waals surface area contributed by atoms with Crippen LogP contribution in [0.1, 0.15) is 55.4 Å². The van der Waals surface area contributed by atoms with Crippen LogP contribution in [0.3, 0.4) is 0 Å². The molecule has 3 aliphatic rings. The Labute approximate surface area is 165 Å². The maximum Gasteiger partial charge on any atom is 0.138 e. The topological polar surface area (TPSA) is 50.3 Å². The van der Waals surface area contributed by atoms with Crippen LogP contribution in [0.2, 0.25) is 0 Å². The number of nitrogens with zero attached hydrogens (tertiary/aromatic N) is 3. The Balaban J connectivity index is 1.24. The van der Waals surface area contributed by atoms with Crippen molar-refractivity contribution in [3.63, 3.8) is 0 Å². The Hall–Kier alpha value is -1.24. The molecule has 0 bridgehead atoms. The van der Waals surface area contributed by atoms with Gasteiger partial charge in [-0.3, -0.25) is 0 Å². The lowest BCUT2D eigenvalue weighted by molar-refractivity contribution is 0.0214. The Morgan fingerprint density at radius 3 is 2.63 bits per heavy atom. The van der Waals surface area contributed by atoms with E-state index in [4.69, 9.17) is 4.74 Å². The van der Waals surface area contributed by atoms with E-state index in [1.165, 1.54) is 78.4 Å². The summed E-state index contributed by atoms with van der Waals surface area (Å²) in [6, 6.07) is 1.98. The highest BCUT2D eigenvalue weighted by Gasteiger charge is 2.29. The molecule has 2 aliphatic carbocycles. The molecule has 27 heavy (non-hydrogen) atoms. The number of aryl methyl sites for hydroxylation is 2. The van der Waals surface area contributed by atoms with E-state index in [0.29, 0.717) is 12.1 Å². The SMILES string of the molecule is CN(C1CCOCC1)[C@H]1CC[C@H](Nc2ncnc3sc4c(c23)CCC4)CC1. The van der Waals surface area contributed by atoms with E-state index in [2.05, 4.69) is 27.2 Å². The Bertz CT molecular complexity index is 793. The number of rotatable bonds is 4. The maximum atomic E-state index is 5.53. The molecular formula is C21H30N4OS. The van der Waals surface area contributed by atoms with Crippen molar-refractivity contribution < 1.29 is 4.74 Å². The van der Waals surface area contributed by atoms with Crippen molar-refractivity contribution in [2.75, 3.05) is 25.6 Å². The lowest BCUT2D eigenvalue weighted by atomic mass is 9.89. The standard InChI is InChI=1S/C21H30N4OS/c1-25(16-9-11-26-12-10-16)15-7-5-14(6-8-15)24-20-19-17-3-2-4-18(17)27-21(19)23-13-22-20/h13-16H,2-12H2,1H3,(H,22,23,24)/t14-,15-. The molecule has 2 aromatic rings. The van der Waals surface area contributed by atoms with Gasteiger partial charge < -0.3 is 15.0 Å². The minimum absolute atomic E-state index is 0.541. The maximum absolute atomic E-state index is 5.53. The Morgan fingerprint density at radius 2 is 1.81 bits per heavy atom. The molecule has 0 radical (unpaired) electrons. The van der Waals surface area contributed by atoms with Crippen molar-refractivity contribution in [2.45, 2.75) is 75.9 Å². The number of thiophene rings is 1. The van der Waals surface area contributed by atoms with Crippen molar-refractivity contribution in [1.29, 1.82) is 0 Å². The van der Waals surface area contributed by atoms with Gasteiger partial charge in [0.2, 0.25) is 0 Å². The quantitative estimate of drug-likeness (QED) is 0.860. The van der Waals surface area contributed by atoms with Crippen LogP contribution in [-0.2, 0) is 17.6 Å². The number of ether oxygens (including phenoxy) is 1. The molecule has 0 amide bonds. The van der Waals surface area contributed by atoms with E-state index in [0.717, 1.165) is 25.1 Å². The molecule has 5 rings (SSSR count). The van der Waals surface area contributed by atoms with Gasteiger partial charge >= 0.3 is 0 Å². The first-order valence-electron chi connectivity index (χ1n) is 10.6. The molecule has 1 saturated carbocycles. The van der Waals surface area contributed by atoms with Crippen molar-refractivity contribution in [2.24, 2.45) is 0 Å². The smallest absolute Gasteiger partial charge is 0.138 e. The van der Waals surface area contributed by atoms with Crippen LogP contribution in [0.25, 0.3) is 10.2 Å². The first-order valence-corrected chi connectivity index (χ1v) is 11.4. The largest absolute Gasteiger partial charge is 0.381 e. The molecule has 5 nitrogen and oxygen atoms in total. The molecule has 0 spiro atoms. The van der Waals surface area contributed by atoms with Gasteiger partial charge in [-0.2, -0.15) is 0 Å². The fourth-order valence-corrected chi connectivity index (χ4v) is 6.48. The number of hydrogen-bond donors (Lipinski definition) is 1. The number of hydrogen-bond acceptors (Lipinski definition) is 6. The Morgan fingerprint density at radius 1 is 1.04 bits per heavy atom. The Kier molecular flexibility index (Phi) is 5.05. The predicted octanol–water partition coefficient (Wildman–Crippen LogP) is 4.01. The summed E-state index contributed by atoms with van der Waals surface area (Å²) in [5, 5.41) is 5.11. The lowest BCUT2D eigenvalue weighted by Gasteiger charge is -2.40. The molecule has 2 fully saturated rings. The second-order valence-corrected chi connectivity index (χ2v) is 9.50. The van der Waals surface area contributed by atoms with Crippen LogP contribution < -0.4 is 5.32 Å². The van der Waals surface area contributed by atoms with Crippen LogP contribution in [0.15, 0.2) is 6.33 Å². The van der Waals surface area contributed by atoms with E-state index in [9.17, 15) is 0 Å². The van der Waals surface area contributed by atoms with E-state index in [-0.39, 0.29) is 0 Å². The third kappa shape index (κ3) is 3.47. The summed E-state index contributed by atoms with van der Waals surface area (Å²) in [6.07, 6.45) is 12.8. The van der Waals surface area contributed by atoms with Crippen LogP contribution in [0.5, 0.6) is 0 Å². The lowest BCUT2D eigenvalue weighted by Crippen LogP contribution is -2.45. The molecule has 2 aromatic heterocycles. The summed E-state index contributed by atoms with van der Waals surface area (Å²) in [7, 11) is 2.33. The highest BCUT2D eigenvalue weighted by molar-refractivity contribution is 7.19. The van der Waals surface area contributed by atoms with Gasteiger partial charge in [0.05, 0.1) is 5.39 Å². The molecule has 3 heterocycles. The summed E-state index contributed by atoms with van der Waals surface area (Å²) >= 11 is 1.87. The zero-order valence-electron chi connectivity index (χ0n) is 16.2. The van der Waals surface area contributed by atoms with Crippen molar-refractivity contribution in [1.82, 2.24) is 14.9 Å². The fourth-order valence-electron chi connectivity index (χ4n) is 5.25. The summed E-state index contributed by atoms with van der Waals surface area (Å²) < 4.78 is 5.53. The second kappa shape index (κ2) is 7.64. The average Bonchev–Trinajstić information content (AvgIpc) is 3.30. The minimum atomic E-state index is 0.541. The molecule has 0 aromatic carbocycles. The van der Waals surface area contributed by atoms with Crippen LogP contribution >= 0.6 is 11.3 Å². The van der Waals surface area contributed by atoms with E-state index < -0.39 is 0 Å². The first kappa shape index (κ1) is 17.8. The molecule has 0 unspecified atom stereocenters. The van der Waals surface area contributed by atoms with Crippen molar-refractivity contribution in [3.05, 3.63) is 16.8 Å². The number of anilines is 1. The third-order valence-electron chi connectivity index (χ3n) is 6.88. The monoisotopic (exact) mass is 386 g/mol. The van der Waals surface area contributed by atoms with Gasteiger partial charge in [-0.15, -0.1) is 11.3 Å². The summed E-state index contributed by atoms with van der Waals surface area (Å²) in [4.78, 5) is 14.5. The van der Waals surface area contributed by atoms with Gasteiger partial charge in [0.1, 0.15) is 17.0 Å². The van der Waals surface area contributed by atoms with Gasteiger partial charge in [0.15, 0.2) is 0 Å². The van der Waals surface area contributed by atoms with Gasteiger partial charge in [-0.25, -0.2) is 9.97 Å². The van der Waals surface area contributed by atoms with Crippen LogP contribution in [0.4, 0.5) is 5.82 Å². The highest BCUT2D eigenvalue weighted by atomic mass is 32.1. The van der Waals surface area contributed by atoms with Gasteiger partial charge in [0.25, 0.3) is 0 Å². The van der Waals surface area contributed by atoms with Crippen molar-refractivity contribution in [3.8, 4) is 0 Å². The predicted molar refractivity (Wildman–Crippen MR) is 111 cm³/mol. The fraction of sp³-hybridized carbons (Fsp3) is 0.714. The van der Waals surface area contributed by atoms with Crippen LogP contribution in [0, 0.1) is 0 Å². The van der Waals surface area contributed by atoms with Gasteiger partial charge in [-0.05, 0) is 70.4 Å². The van der Waals surface area contributed by atoms with Gasteiger partial charge in [0, 0.05) is 36.2 Å². The summed E-state index contributed by atoms with van der Waals surface area (Å²) in [5.41, 5.74) is 1.52. The highest BCUT2D eigenvalue weighted by Crippen LogP contribution is 2.39. The van der Waals surface area contributed by atoms with E-state index in [1.807, 2.05) is 11.3 Å². The van der Waals surface area contributed by atoms with E-state index >= 15 is 0 Å². The molecule has 1 saturated heterocycles. The van der Waals surface area contributed by atoms with Crippen LogP contribution in [-0.4, -0.2) is 53.3 Å². The molecule has 0 atom stereocenters. The number of aromatic nitrogens is 2. The normalized spacial score (nSPS) is 26.6. The van der Waals surface area contributed by atoms with E-state index in [1.54, 1.807) is 6.33 Å². The molecular weight excluding hydrogens is 356 g/mol. The first-order chi connectivity index (χ1) is 13.3. The number of nitrogens with one attached hydrogen (secondary N) is 1. The van der Waals surface area contributed by atoms with Gasteiger partial charge in [-0.1, -0.05) is 0 Å². The third-order valence-corrected chi connectivity index (χ3v) is 8.08. The second-order valence-electron chi connectivity index (χ2n) is 8.42. The molecule has 6 heteroatoms. The average molecular weight is 387 g/mol. The minimum Gasteiger partial charge on any atom is -0.381 e. The zero-order chi connectivity index (χ0) is 18.2. The van der Waals surface area contributed by atoms with Crippen molar-refractivity contribution >= 4 is 27.4 Å².